The van der Waals surface area contributed by atoms with E-state index in [1.54, 1.807) is 0 Å². The molecule has 3 nitrogen and oxygen atoms in total. The minimum atomic E-state index is -1.10. The number of carbonyl (C=O) groups excluding carboxylic acids is 1. The molecule has 0 spiro atoms. The fourth-order valence-corrected chi connectivity index (χ4v) is 2.63. The van der Waals surface area contributed by atoms with Crippen LogP contribution in [0.5, 0.6) is 0 Å². The zero-order valence-electron chi connectivity index (χ0n) is 7.05. The molecule has 4 heteroatoms. The van der Waals surface area contributed by atoms with Gasteiger partial charge in [-0.25, -0.2) is 0 Å². The monoisotopic (exact) mass is 284 g/mol. The molecule has 0 atom stereocenters. The summed E-state index contributed by atoms with van der Waals surface area (Å²) in [4.78, 5) is 11.0. The smallest absolute Gasteiger partial charge is 0.161 e. The van der Waals surface area contributed by atoms with Gasteiger partial charge >= 0.3 is 0 Å². The first-order chi connectivity index (χ1) is 5.58. The fourth-order valence-electron chi connectivity index (χ4n) is 1.50. The molecule has 0 amide bonds. The van der Waals surface area contributed by atoms with Crippen molar-refractivity contribution in [2.24, 2.45) is 0 Å². The summed E-state index contributed by atoms with van der Waals surface area (Å²) in [5, 5.41) is 9.72. The minimum Gasteiger partial charge on any atom is -0.382 e. The average molecular weight is 284 g/mol. The maximum absolute atomic E-state index is 11.0. The quantitative estimate of drug-likeness (QED) is 0.618. The molecule has 0 radical (unpaired) electrons. The SMILES string of the molecule is CC(=O)C1(O)CCC(I=O)CC1. The highest BCUT2D eigenvalue weighted by Gasteiger charge is 2.37. The Morgan fingerprint density at radius 3 is 2.33 bits per heavy atom. The lowest BCUT2D eigenvalue weighted by atomic mass is 9.82. The van der Waals surface area contributed by atoms with Crippen molar-refractivity contribution < 1.29 is 13.0 Å². The third-order valence-corrected chi connectivity index (χ3v) is 4.49. The van der Waals surface area contributed by atoms with Crippen molar-refractivity contribution in [1.82, 2.24) is 0 Å². The Bertz CT molecular complexity index is 194. The van der Waals surface area contributed by atoms with E-state index in [4.69, 9.17) is 0 Å². The van der Waals surface area contributed by atoms with Crippen LogP contribution in [-0.4, -0.2) is 20.4 Å². The van der Waals surface area contributed by atoms with E-state index < -0.39 is 26.8 Å². The third kappa shape index (κ3) is 2.10. The van der Waals surface area contributed by atoms with Crippen molar-refractivity contribution in [3.8, 4) is 0 Å². The van der Waals surface area contributed by atoms with Crippen molar-refractivity contribution in [3.63, 3.8) is 0 Å². The largest absolute Gasteiger partial charge is 0.382 e. The van der Waals surface area contributed by atoms with E-state index in [9.17, 15) is 13.0 Å². The van der Waals surface area contributed by atoms with E-state index in [1.165, 1.54) is 6.92 Å². The topological polar surface area (TPSA) is 54.4 Å². The zero-order valence-corrected chi connectivity index (χ0v) is 9.20. The predicted molar refractivity (Wildman–Crippen MR) is 52.6 cm³/mol. The molecule has 0 unspecified atom stereocenters. The maximum Gasteiger partial charge on any atom is 0.161 e. The number of hydrogen-bond acceptors (Lipinski definition) is 3. The summed E-state index contributed by atoms with van der Waals surface area (Å²) >= 11 is -0.948. The van der Waals surface area contributed by atoms with Gasteiger partial charge < -0.3 is 5.11 Å². The second-order valence-electron chi connectivity index (χ2n) is 3.35. The highest BCUT2D eigenvalue weighted by atomic mass is 127. The highest BCUT2D eigenvalue weighted by molar-refractivity contribution is 14.1. The summed E-state index contributed by atoms with van der Waals surface area (Å²) in [6.45, 7) is 1.42. The fraction of sp³-hybridized carbons (Fsp3) is 0.875. The van der Waals surface area contributed by atoms with Gasteiger partial charge in [-0.2, -0.15) is 0 Å². The van der Waals surface area contributed by atoms with E-state index in [1.807, 2.05) is 0 Å². The van der Waals surface area contributed by atoms with E-state index in [2.05, 4.69) is 0 Å². The number of hydrogen-bond donors (Lipinski definition) is 1. The van der Waals surface area contributed by atoms with Crippen molar-refractivity contribution in [2.45, 2.75) is 42.1 Å². The van der Waals surface area contributed by atoms with Crippen molar-refractivity contribution in [3.05, 3.63) is 0 Å². The first kappa shape index (κ1) is 10.2. The van der Waals surface area contributed by atoms with Crippen LogP contribution in [0.4, 0.5) is 0 Å². The van der Waals surface area contributed by atoms with Crippen LogP contribution in [0.3, 0.4) is 0 Å². The summed E-state index contributed by atoms with van der Waals surface area (Å²) < 4.78 is 10.9. The molecular formula is C8H13IO3. The third-order valence-electron chi connectivity index (χ3n) is 2.52. The normalized spacial score (nSPS) is 36.3. The van der Waals surface area contributed by atoms with Crippen LogP contribution in [-0.2, 0) is 7.86 Å². The Labute approximate surface area is 82.2 Å². The number of carbonyl (C=O) groups is 1. The second kappa shape index (κ2) is 3.91. The lowest BCUT2D eigenvalue weighted by Crippen LogP contribution is -2.40. The van der Waals surface area contributed by atoms with Gasteiger partial charge in [0, 0.05) is 3.92 Å². The average Bonchev–Trinajstić information content (AvgIpc) is 2.06. The second-order valence-corrected chi connectivity index (χ2v) is 5.62. The molecule has 0 bridgehead atoms. The van der Waals surface area contributed by atoms with Gasteiger partial charge in [-0.3, -0.25) is 7.86 Å². The predicted octanol–water partition coefficient (Wildman–Crippen LogP) is 1.57. The van der Waals surface area contributed by atoms with Crippen LogP contribution in [0.1, 0.15) is 32.6 Å². The standard InChI is InChI=1S/C8H13IO3/c1-6(10)8(11)4-2-7(9-12)3-5-8/h7,11H,2-5H2,1H3. The number of aliphatic hydroxyl groups is 1. The van der Waals surface area contributed by atoms with Gasteiger partial charge in [0.1, 0.15) is 26.8 Å². The van der Waals surface area contributed by atoms with Crippen LogP contribution in [0.15, 0.2) is 0 Å². The molecule has 12 heavy (non-hydrogen) atoms. The highest BCUT2D eigenvalue weighted by Crippen LogP contribution is 2.34. The lowest BCUT2D eigenvalue weighted by molar-refractivity contribution is -0.137. The lowest BCUT2D eigenvalue weighted by Gasteiger charge is -2.31. The van der Waals surface area contributed by atoms with Crippen LogP contribution in [0.25, 0.3) is 0 Å². The van der Waals surface area contributed by atoms with Crippen molar-refractivity contribution in [1.29, 1.82) is 0 Å². The van der Waals surface area contributed by atoms with Crippen LogP contribution >= 0.6 is 21.2 Å². The van der Waals surface area contributed by atoms with Crippen molar-refractivity contribution >= 4 is 27.0 Å². The zero-order chi connectivity index (χ0) is 9.19. The maximum atomic E-state index is 11.0. The molecular weight excluding hydrogens is 271 g/mol. The van der Waals surface area contributed by atoms with E-state index in [0.29, 0.717) is 12.8 Å². The van der Waals surface area contributed by atoms with Gasteiger partial charge in [-0.1, -0.05) is 0 Å². The van der Waals surface area contributed by atoms with Gasteiger partial charge in [0.15, 0.2) is 5.78 Å². The summed E-state index contributed by atoms with van der Waals surface area (Å²) in [5.74, 6) is -0.148. The minimum absolute atomic E-state index is 0.148. The van der Waals surface area contributed by atoms with Crippen LogP contribution in [0.2, 0.25) is 0 Å². The summed E-state index contributed by atoms with van der Waals surface area (Å²) in [6.07, 6.45) is 2.48. The Morgan fingerprint density at radius 2 is 2.00 bits per heavy atom. The Hall–Kier alpha value is 0.160. The molecule has 0 aromatic rings. The van der Waals surface area contributed by atoms with Gasteiger partial charge in [-0.15, -0.1) is 0 Å². The number of Topliss-reactive ketones (excluding diaryl/α,β-unsaturated/α-hetero) is 1. The van der Waals surface area contributed by atoms with Gasteiger partial charge in [-0.05, 0) is 32.6 Å². The molecule has 1 saturated carbocycles. The van der Waals surface area contributed by atoms with Crippen LogP contribution in [0, 0.1) is 0 Å². The molecule has 1 fully saturated rings. The van der Waals surface area contributed by atoms with E-state index in [-0.39, 0.29) is 9.71 Å². The van der Waals surface area contributed by atoms with E-state index in [0.717, 1.165) is 12.8 Å². The number of rotatable bonds is 2. The van der Waals surface area contributed by atoms with Gasteiger partial charge in [0.2, 0.25) is 0 Å². The molecule has 0 heterocycles. The van der Waals surface area contributed by atoms with Crippen molar-refractivity contribution in [2.75, 3.05) is 0 Å². The molecule has 0 aromatic carbocycles. The first-order valence-corrected chi connectivity index (χ1v) is 6.20. The Morgan fingerprint density at radius 1 is 1.50 bits per heavy atom. The summed E-state index contributed by atoms with van der Waals surface area (Å²) in [6, 6.07) is 0. The number of halogens is 1. The van der Waals surface area contributed by atoms with Gasteiger partial charge in [0.05, 0.1) is 0 Å². The number of alkyl halides is 1. The molecule has 1 N–H and O–H groups in total. The molecule has 0 saturated heterocycles. The molecule has 70 valence electrons. The molecule has 1 aliphatic rings. The summed E-state index contributed by atoms with van der Waals surface area (Å²) in [5.41, 5.74) is -1.10. The molecule has 0 aliphatic heterocycles. The molecule has 0 aromatic heterocycles. The molecule has 1 rings (SSSR count). The Balaban J connectivity index is 2.55. The first-order valence-electron chi connectivity index (χ1n) is 4.07. The molecule has 1 aliphatic carbocycles. The number of ketones is 1. The van der Waals surface area contributed by atoms with Gasteiger partial charge in [0.25, 0.3) is 0 Å². The summed E-state index contributed by atoms with van der Waals surface area (Å²) in [7, 11) is 0. The van der Waals surface area contributed by atoms with E-state index >= 15 is 0 Å². The Kier molecular flexibility index (Phi) is 3.34. The van der Waals surface area contributed by atoms with Crippen LogP contribution < -0.4 is 0 Å².